The van der Waals surface area contributed by atoms with Crippen LogP contribution in [-0.2, 0) is 29.8 Å². The predicted octanol–water partition coefficient (Wildman–Crippen LogP) is 2.33. The summed E-state index contributed by atoms with van der Waals surface area (Å²) in [5.41, 5.74) is 0.444. The monoisotopic (exact) mass is 402 g/mol. The van der Waals surface area contributed by atoms with Crippen molar-refractivity contribution in [1.29, 1.82) is 0 Å². The molecule has 0 bridgehead atoms. The Labute approximate surface area is 163 Å². The Hall–Kier alpha value is -2.71. The zero-order valence-electron chi connectivity index (χ0n) is 15.3. The van der Waals surface area contributed by atoms with Crippen LogP contribution in [0.15, 0.2) is 59.5 Å². The second kappa shape index (κ2) is 8.12. The number of sulfonamides is 1. The number of benzene rings is 2. The minimum Gasteiger partial charge on any atom is -0.455 e. The van der Waals surface area contributed by atoms with E-state index in [9.17, 15) is 18.0 Å². The van der Waals surface area contributed by atoms with Crippen molar-refractivity contribution >= 4 is 27.6 Å². The maximum Gasteiger partial charge on any atom is 0.317 e. The van der Waals surface area contributed by atoms with Crippen molar-refractivity contribution in [1.82, 2.24) is 0 Å². The van der Waals surface area contributed by atoms with Gasteiger partial charge < -0.3 is 10.1 Å². The summed E-state index contributed by atoms with van der Waals surface area (Å²) in [6, 6.07) is 15.0. The zero-order valence-corrected chi connectivity index (χ0v) is 16.1. The zero-order chi connectivity index (χ0) is 20.2. The number of ether oxygens (including phenoxy) is 1. The van der Waals surface area contributed by atoms with Crippen LogP contribution in [0.2, 0.25) is 0 Å². The fourth-order valence-electron chi connectivity index (χ4n) is 3.56. The Morgan fingerprint density at radius 3 is 2.36 bits per heavy atom. The molecule has 0 atom stereocenters. The van der Waals surface area contributed by atoms with Crippen LogP contribution in [0.3, 0.4) is 0 Å². The first kappa shape index (κ1) is 20.0. The number of nitrogens with two attached hydrogens (primary N) is 1. The molecule has 2 aromatic rings. The SMILES string of the molecule is NS(=O)(=O)c1cccc(NC(=O)COC(=O)C2(c3ccccc3)CCCC2)c1. The Kier molecular flexibility index (Phi) is 5.81. The van der Waals surface area contributed by atoms with Crippen molar-refractivity contribution in [3.8, 4) is 0 Å². The van der Waals surface area contributed by atoms with Gasteiger partial charge >= 0.3 is 5.97 Å². The van der Waals surface area contributed by atoms with Gasteiger partial charge in [-0.25, -0.2) is 13.6 Å². The highest BCUT2D eigenvalue weighted by Gasteiger charge is 2.44. The van der Waals surface area contributed by atoms with Gasteiger partial charge in [0.1, 0.15) is 0 Å². The first-order valence-electron chi connectivity index (χ1n) is 8.97. The van der Waals surface area contributed by atoms with Crippen LogP contribution in [0.4, 0.5) is 5.69 Å². The average Bonchev–Trinajstić information content (AvgIpc) is 3.17. The molecule has 0 heterocycles. The molecule has 0 unspecified atom stereocenters. The second-order valence-corrected chi connectivity index (χ2v) is 8.41. The van der Waals surface area contributed by atoms with Gasteiger partial charge in [0.25, 0.3) is 5.91 Å². The highest BCUT2D eigenvalue weighted by molar-refractivity contribution is 7.89. The smallest absolute Gasteiger partial charge is 0.317 e. The molecule has 3 N–H and O–H groups in total. The summed E-state index contributed by atoms with van der Waals surface area (Å²) in [4.78, 5) is 24.9. The standard InChI is InChI=1S/C20H22N2O5S/c21-28(25,26)17-10-6-9-16(13-17)22-18(23)14-27-19(24)20(11-4-5-12-20)15-7-2-1-3-8-15/h1-3,6-10,13H,4-5,11-12,14H2,(H,22,23)(H2,21,25,26). The van der Waals surface area contributed by atoms with Crippen molar-refractivity contribution in [3.63, 3.8) is 0 Å². The molecule has 0 spiro atoms. The van der Waals surface area contributed by atoms with Gasteiger partial charge in [0.2, 0.25) is 10.0 Å². The van der Waals surface area contributed by atoms with Gasteiger partial charge in [-0.3, -0.25) is 9.59 Å². The van der Waals surface area contributed by atoms with E-state index in [0.29, 0.717) is 12.8 Å². The first-order valence-corrected chi connectivity index (χ1v) is 10.5. The molecule has 28 heavy (non-hydrogen) atoms. The third-order valence-electron chi connectivity index (χ3n) is 4.95. The highest BCUT2D eigenvalue weighted by atomic mass is 32.2. The van der Waals surface area contributed by atoms with E-state index in [0.717, 1.165) is 18.4 Å². The third kappa shape index (κ3) is 4.40. The van der Waals surface area contributed by atoms with Crippen LogP contribution >= 0.6 is 0 Å². The molecule has 3 rings (SSSR count). The number of carbonyl (C=O) groups excluding carboxylic acids is 2. The third-order valence-corrected chi connectivity index (χ3v) is 5.87. The van der Waals surface area contributed by atoms with Gasteiger partial charge in [-0.15, -0.1) is 0 Å². The van der Waals surface area contributed by atoms with Gasteiger partial charge in [0, 0.05) is 5.69 Å². The summed E-state index contributed by atoms with van der Waals surface area (Å²) in [7, 11) is -3.87. The molecule has 0 aliphatic heterocycles. The summed E-state index contributed by atoms with van der Waals surface area (Å²) < 4.78 is 28.1. The van der Waals surface area contributed by atoms with Crippen LogP contribution in [0, 0.1) is 0 Å². The summed E-state index contributed by atoms with van der Waals surface area (Å²) in [6.45, 7) is -0.451. The van der Waals surface area contributed by atoms with Crippen LogP contribution in [0.25, 0.3) is 0 Å². The lowest BCUT2D eigenvalue weighted by Gasteiger charge is -2.27. The number of rotatable bonds is 6. The molecule has 1 aliphatic rings. The number of esters is 1. The average molecular weight is 402 g/mol. The number of anilines is 1. The quantitative estimate of drug-likeness (QED) is 0.720. The van der Waals surface area contributed by atoms with Gasteiger partial charge in [0.05, 0.1) is 10.3 Å². The maximum absolute atomic E-state index is 12.8. The summed E-state index contributed by atoms with van der Waals surface area (Å²) in [6.07, 6.45) is 3.23. The van der Waals surface area contributed by atoms with Crippen molar-refractivity contribution in [2.24, 2.45) is 5.14 Å². The Bertz CT molecular complexity index is 967. The number of nitrogens with one attached hydrogen (secondary N) is 1. The van der Waals surface area contributed by atoms with Crippen molar-refractivity contribution < 1.29 is 22.7 Å². The molecule has 2 aromatic carbocycles. The molecular formula is C20H22N2O5S. The Morgan fingerprint density at radius 2 is 1.71 bits per heavy atom. The molecule has 8 heteroatoms. The molecular weight excluding hydrogens is 380 g/mol. The van der Waals surface area contributed by atoms with Crippen LogP contribution in [0.1, 0.15) is 31.2 Å². The fraction of sp³-hybridized carbons (Fsp3) is 0.300. The number of primary sulfonamides is 1. The normalized spacial score (nSPS) is 15.8. The molecule has 0 radical (unpaired) electrons. The van der Waals surface area contributed by atoms with Crippen LogP contribution < -0.4 is 10.5 Å². The molecule has 1 aliphatic carbocycles. The van der Waals surface area contributed by atoms with Crippen molar-refractivity contribution in [3.05, 3.63) is 60.2 Å². The topological polar surface area (TPSA) is 116 Å². The van der Waals surface area contributed by atoms with E-state index < -0.39 is 33.9 Å². The van der Waals surface area contributed by atoms with E-state index >= 15 is 0 Å². The number of hydrogen-bond acceptors (Lipinski definition) is 5. The minimum atomic E-state index is -3.87. The highest BCUT2D eigenvalue weighted by Crippen LogP contribution is 2.42. The molecule has 0 aromatic heterocycles. The van der Waals surface area contributed by atoms with E-state index in [1.807, 2.05) is 30.3 Å². The minimum absolute atomic E-state index is 0.115. The summed E-state index contributed by atoms with van der Waals surface area (Å²) in [5.74, 6) is -0.967. The molecule has 0 saturated heterocycles. The van der Waals surface area contributed by atoms with E-state index in [4.69, 9.17) is 9.88 Å². The Morgan fingerprint density at radius 1 is 1.04 bits per heavy atom. The molecule has 1 fully saturated rings. The lowest BCUT2D eigenvalue weighted by atomic mass is 9.79. The van der Waals surface area contributed by atoms with Crippen molar-refractivity contribution in [2.75, 3.05) is 11.9 Å². The van der Waals surface area contributed by atoms with E-state index in [-0.39, 0.29) is 10.6 Å². The number of carbonyl (C=O) groups is 2. The van der Waals surface area contributed by atoms with E-state index in [2.05, 4.69) is 5.32 Å². The fourth-order valence-corrected chi connectivity index (χ4v) is 4.12. The van der Waals surface area contributed by atoms with E-state index in [1.54, 1.807) is 0 Å². The van der Waals surface area contributed by atoms with Gasteiger partial charge in [-0.2, -0.15) is 0 Å². The molecule has 1 amide bonds. The molecule has 1 saturated carbocycles. The molecule has 7 nitrogen and oxygen atoms in total. The Balaban J connectivity index is 1.65. The summed E-state index contributed by atoms with van der Waals surface area (Å²) >= 11 is 0. The van der Waals surface area contributed by atoms with Crippen LogP contribution in [0.5, 0.6) is 0 Å². The lowest BCUT2D eigenvalue weighted by molar-refractivity contribution is -0.153. The van der Waals surface area contributed by atoms with Crippen LogP contribution in [-0.4, -0.2) is 26.9 Å². The molecule has 148 valence electrons. The second-order valence-electron chi connectivity index (χ2n) is 6.85. The first-order chi connectivity index (χ1) is 13.3. The van der Waals surface area contributed by atoms with E-state index in [1.165, 1.54) is 24.3 Å². The van der Waals surface area contributed by atoms with Gasteiger partial charge in [-0.05, 0) is 36.6 Å². The summed E-state index contributed by atoms with van der Waals surface area (Å²) in [5, 5.41) is 7.60. The van der Waals surface area contributed by atoms with Crippen molar-refractivity contribution in [2.45, 2.75) is 36.0 Å². The van der Waals surface area contributed by atoms with Gasteiger partial charge in [-0.1, -0.05) is 49.2 Å². The van der Waals surface area contributed by atoms with Gasteiger partial charge in [0.15, 0.2) is 6.61 Å². The largest absolute Gasteiger partial charge is 0.455 e. The number of amides is 1. The number of hydrogen-bond donors (Lipinski definition) is 2. The maximum atomic E-state index is 12.8. The predicted molar refractivity (Wildman–Crippen MR) is 104 cm³/mol. The lowest BCUT2D eigenvalue weighted by Crippen LogP contribution is -2.36.